The van der Waals surface area contributed by atoms with Gasteiger partial charge in [-0.2, -0.15) is 0 Å². The number of carbonyl (C=O) groups is 1. The Morgan fingerprint density at radius 3 is 1.50 bits per heavy atom. The van der Waals surface area contributed by atoms with Gasteiger partial charge in [-0.25, -0.2) is 4.57 Å². The number of unbranched alkanes of at least 4 members (excludes halogenated alkanes) is 23. The van der Waals surface area contributed by atoms with Crippen molar-refractivity contribution in [3.63, 3.8) is 0 Å². The zero-order valence-corrected chi connectivity index (χ0v) is 36.9. The van der Waals surface area contributed by atoms with Crippen LogP contribution in [0.5, 0.6) is 0 Å². The maximum atomic E-state index is 12.9. The SMILES string of the molecule is CCC/C=C\CCCCCCCC/C=C/[C@@H](O)[C@H](COP(=O)(O)OCC[N+](C)(C)C)NC(=O)CCCCCCCCCCC/C=C\CCCCCCCC. The van der Waals surface area contributed by atoms with E-state index in [4.69, 9.17) is 9.05 Å². The topological polar surface area (TPSA) is 105 Å². The van der Waals surface area contributed by atoms with Crippen LogP contribution in [0.2, 0.25) is 0 Å². The molecule has 0 aromatic heterocycles. The van der Waals surface area contributed by atoms with Crippen molar-refractivity contribution in [2.75, 3.05) is 40.9 Å². The van der Waals surface area contributed by atoms with Gasteiger partial charge in [0.05, 0.1) is 39.9 Å². The Morgan fingerprint density at radius 2 is 1.04 bits per heavy atom. The molecule has 0 fully saturated rings. The van der Waals surface area contributed by atoms with E-state index in [-0.39, 0.29) is 19.1 Å². The summed E-state index contributed by atoms with van der Waals surface area (Å²) in [6.45, 7) is 4.74. The molecule has 0 aromatic rings. The normalized spacial score (nSPS) is 14.7. The molecule has 0 saturated carbocycles. The molecule has 0 heterocycles. The summed E-state index contributed by atoms with van der Waals surface area (Å²) >= 11 is 0. The number of aliphatic hydroxyl groups excluding tert-OH is 1. The van der Waals surface area contributed by atoms with Crippen LogP contribution >= 0.6 is 7.82 Å². The van der Waals surface area contributed by atoms with Crippen LogP contribution in [0, 0.1) is 0 Å². The number of hydrogen-bond acceptors (Lipinski definition) is 5. The van der Waals surface area contributed by atoms with Crippen LogP contribution in [0.15, 0.2) is 36.5 Å². The van der Waals surface area contributed by atoms with Crippen molar-refractivity contribution in [2.24, 2.45) is 0 Å². The average molecular weight is 784 g/mol. The molecule has 0 radical (unpaired) electrons. The largest absolute Gasteiger partial charge is 0.472 e. The highest BCUT2D eigenvalue weighted by Gasteiger charge is 2.27. The second-order valence-electron chi connectivity index (χ2n) is 16.4. The summed E-state index contributed by atoms with van der Waals surface area (Å²) in [4.78, 5) is 23.1. The first-order chi connectivity index (χ1) is 26.0. The Bertz CT molecular complexity index is 980. The molecule has 9 heteroatoms. The first-order valence-electron chi connectivity index (χ1n) is 22.4. The molecular weight excluding hydrogens is 695 g/mol. The van der Waals surface area contributed by atoms with Crippen molar-refractivity contribution >= 4 is 13.7 Å². The number of quaternary nitrogens is 1. The summed E-state index contributed by atoms with van der Waals surface area (Å²) in [5, 5.41) is 13.8. The predicted octanol–water partition coefficient (Wildman–Crippen LogP) is 12.3. The van der Waals surface area contributed by atoms with E-state index in [9.17, 15) is 19.4 Å². The van der Waals surface area contributed by atoms with Crippen molar-refractivity contribution in [3.05, 3.63) is 36.5 Å². The van der Waals surface area contributed by atoms with E-state index >= 15 is 0 Å². The Hall–Kier alpha value is -1.28. The number of nitrogens with one attached hydrogen (secondary N) is 1. The van der Waals surface area contributed by atoms with E-state index in [1.807, 2.05) is 27.2 Å². The van der Waals surface area contributed by atoms with E-state index in [1.165, 1.54) is 135 Å². The van der Waals surface area contributed by atoms with E-state index in [2.05, 4.69) is 43.5 Å². The van der Waals surface area contributed by atoms with Crippen molar-refractivity contribution in [1.82, 2.24) is 5.32 Å². The van der Waals surface area contributed by atoms with E-state index in [0.29, 0.717) is 17.4 Å². The molecule has 0 aliphatic carbocycles. The Kier molecular flexibility index (Phi) is 36.4. The molecule has 0 spiro atoms. The standard InChI is InChI=1S/C45H87N2O6P/c1-6-8-10-12-14-16-18-20-21-22-23-24-25-27-29-31-33-35-37-39-45(49)46-43(42-53-54(50,51)52-41-40-47(3,4)5)44(48)38-36-34-32-30-28-26-19-17-15-13-11-9-7-2/h11,13,20-21,36,38,43-44,48H,6-10,12,14-19,22-35,37,39-42H2,1-5H3,(H-,46,49,50,51)/p+1/b13-11-,21-20-,38-36+/t43-,44+/m0/s1. The van der Waals surface area contributed by atoms with Crippen LogP contribution < -0.4 is 5.32 Å². The first-order valence-corrected chi connectivity index (χ1v) is 23.9. The molecule has 0 bridgehead atoms. The Balaban J connectivity index is 4.38. The Labute approximate surface area is 334 Å². The molecule has 1 unspecified atom stereocenters. The van der Waals surface area contributed by atoms with Gasteiger partial charge in [-0.15, -0.1) is 0 Å². The highest BCUT2D eigenvalue weighted by atomic mass is 31.2. The lowest BCUT2D eigenvalue weighted by atomic mass is 10.0. The molecule has 1 amide bonds. The molecule has 3 atom stereocenters. The fraction of sp³-hybridized carbons (Fsp3) is 0.844. The first kappa shape index (κ1) is 52.7. The lowest BCUT2D eigenvalue weighted by molar-refractivity contribution is -0.870. The summed E-state index contributed by atoms with van der Waals surface area (Å²) < 4.78 is 23.5. The van der Waals surface area contributed by atoms with Gasteiger partial charge in [-0.05, 0) is 64.2 Å². The van der Waals surface area contributed by atoms with Crippen LogP contribution in [-0.4, -0.2) is 73.4 Å². The average Bonchev–Trinajstić information content (AvgIpc) is 3.12. The number of allylic oxidation sites excluding steroid dienone is 5. The van der Waals surface area contributed by atoms with Crippen LogP contribution in [0.1, 0.15) is 194 Å². The number of carbonyl (C=O) groups excluding carboxylic acids is 1. The molecule has 0 aliphatic rings. The maximum absolute atomic E-state index is 12.9. The number of rotatable bonds is 40. The minimum atomic E-state index is -4.34. The van der Waals surface area contributed by atoms with Gasteiger partial charge >= 0.3 is 7.82 Å². The summed E-state index contributed by atoms with van der Waals surface area (Å²) in [7, 11) is 1.56. The molecular formula is C45H88N2O6P+. The van der Waals surface area contributed by atoms with Gasteiger partial charge in [0.15, 0.2) is 0 Å². The second-order valence-corrected chi connectivity index (χ2v) is 17.9. The van der Waals surface area contributed by atoms with Crippen LogP contribution in [0.3, 0.4) is 0 Å². The van der Waals surface area contributed by atoms with Gasteiger partial charge < -0.3 is 19.8 Å². The molecule has 318 valence electrons. The third-order valence-corrected chi connectivity index (χ3v) is 10.8. The minimum Gasteiger partial charge on any atom is -0.387 e. The third-order valence-electron chi connectivity index (χ3n) is 9.80. The van der Waals surface area contributed by atoms with Crippen molar-refractivity contribution in [2.45, 2.75) is 206 Å². The van der Waals surface area contributed by atoms with Gasteiger partial charge in [0.1, 0.15) is 13.2 Å². The number of phosphoric ester groups is 1. The van der Waals surface area contributed by atoms with Gasteiger partial charge in [-0.1, -0.05) is 159 Å². The fourth-order valence-corrected chi connectivity index (χ4v) is 6.95. The van der Waals surface area contributed by atoms with Gasteiger partial charge in [-0.3, -0.25) is 13.8 Å². The van der Waals surface area contributed by atoms with Crippen molar-refractivity contribution < 1.29 is 32.9 Å². The highest BCUT2D eigenvalue weighted by Crippen LogP contribution is 2.43. The van der Waals surface area contributed by atoms with Crippen LogP contribution in [0.25, 0.3) is 0 Å². The number of nitrogens with zero attached hydrogens (tertiary/aromatic N) is 1. The van der Waals surface area contributed by atoms with E-state index < -0.39 is 20.0 Å². The summed E-state index contributed by atoms with van der Waals surface area (Å²) in [5.74, 6) is -0.184. The predicted molar refractivity (Wildman–Crippen MR) is 231 cm³/mol. The van der Waals surface area contributed by atoms with Gasteiger partial charge in [0, 0.05) is 6.42 Å². The molecule has 0 aromatic carbocycles. The quantitative estimate of drug-likeness (QED) is 0.0247. The highest BCUT2D eigenvalue weighted by molar-refractivity contribution is 7.47. The zero-order valence-electron chi connectivity index (χ0n) is 36.0. The summed E-state index contributed by atoms with van der Waals surface area (Å²) in [6.07, 6.45) is 44.9. The molecule has 3 N–H and O–H groups in total. The lowest BCUT2D eigenvalue weighted by Crippen LogP contribution is -2.45. The third kappa shape index (κ3) is 39.0. The fourth-order valence-electron chi connectivity index (χ4n) is 6.21. The van der Waals surface area contributed by atoms with Gasteiger partial charge in [0.2, 0.25) is 5.91 Å². The summed E-state index contributed by atoms with van der Waals surface area (Å²) in [5.41, 5.74) is 0. The second kappa shape index (κ2) is 37.3. The molecule has 0 saturated heterocycles. The van der Waals surface area contributed by atoms with E-state index in [1.54, 1.807) is 6.08 Å². The van der Waals surface area contributed by atoms with Crippen LogP contribution in [0.4, 0.5) is 0 Å². The number of amides is 1. The molecule has 0 aliphatic heterocycles. The smallest absolute Gasteiger partial charge is 0.387 e. The lowest BCUT2D eigenvalue weighted by Gasteiger charge is -2.25. The molecule has 8 nitrogen and oxygen atoms in total. The van der Waals surface area contributed by atoms with E-state index in [0.717, 1.165) is 38.5 Å². The maximum Gasteiger partial charge on any atom is 0.472 e. The van der Waals surface area contributed by atoms with Gasteiger partial charge in [0.25, 0.3) is 0 Å². The Morgan fingerprint density at radius 1 is 0.611 bits per heavy atom. The summed E-state index contributed by atoms with van der Waals surface area (Å²) in [6, 6.07) is -0.849. The minimum absolute atomic E-state index is 0.0593. The number of aliphatic hydroxyl groups is 1. The van der Waals surface area contributed by atoms with Crippen LogP contribution in [-0.2, 0) is 18.4 Å². The zero-order chi connectivity index (χ0) is 40.0. The number of likely N-dealkylation sites (N-methyl/N-ethyl adjacent to an activating group) is 1. The monoisotopic (exact) mass is 784 g/mol. The molecule has 0 rings (SSSR count). The van der Waals surface area contributed by atoms with Crippen molar-refractivity contribution in [3.8, 4) is 0 Å². The number of hydrogen-bond donors (Lipinski definition) is 3. The molecule has 54 heavy (non-hydrogen) atoms. The number of phosphoric acid groups is 1. The van der Waals surface area contributed by atoms with Crippen molar-refractivity contribution in [1.29, 1.82) is 0 Å².